The molecule has 5 aromatic carbocycles. The Balaban J connectivity index is 2.04. The fourth-order valence-electron chi connectivity index (χ4n) is 5.05. The van der Waals surface area contributed by atoms with Crippen molar-refractivity contribution in [2.24, 2.45) is 4.74 Å². The summed E-state index contributed by atoms with van der Waals surface area (Å²) in [4.78, 5) is 27.4. The summed E-state index contributed by atoms with van der Waals surface area (Å²) in [7, 11) is -0.262. The van der Waals surface area contributed by atoms with Crippen LogP contribution in [0.5, 0.6) is 0 Å². The number of benzene rings is 5. The average molecular weight is 598 g/mol. The average Bonchev–Trinajstić information content (AvgIpc) is 3.11. The van der Waals surface area contributed by atoms with E-state index in [-0.39, 0.29) is 11.1 Å². The van der Waals surface area contributed by atoms with Crippen LogP contribution in [0.4, 0.5) is 0 Å². The Morgan fingerprint density at radius 3 is 1.34 bits per heavy atom. The summed E-state index contributed by atoms with van der Waals surface area (Å²) in [6.45, 7) is 0. The minimum Gasteiger partial charge on any atom is -0.465 e. The maximum atomic E-state index is 13.9. The number of carbonyl (C=O) groups is 2. The van der Waals surface area contributed by atoms with Crippen molar-refractivity contribution in [2.45, 2.75) is 0 Å². The third-order valence-electron chi connectivity index (χ3n) is 7.10. The zero-order chi connectivity index (χ0) is 30.8. The molecule has 0 bridgehead atoms. The highest BCUT2D eigenvalue weighted by molar-refractivity contribution is 7.87. The smallest absolute Gasteiger partial charge is 0.340 e. The highest BCUT2D eigenvalue weighted by atomic mass is 31.2. The van der Waals surface area contributed by atoms with Gasteiger partial charge in [-0.1, -0.05) is 152 Å². The van der Waals surface area contributed by atoms with Crippen LogP contribution in [-0.4, -0.2) is 26.2 Å². The van der Waals surface area contributed by atoms with Crippen LogP contribution in [0.2, 0.25) is 0 Å². The van der Waals surface area contributed by atoms with Crippen LogP contribution in [0, 0.1) is 0 Å². The van der Waals surface area contributed by atoms with Crippen LogP contribution in [0.3, 0.4) is 0 Å². The summed E-state index contributed by atoms with van der Waals surface area (Å²) in [5, 5.41) is 2.96. The first-order chi connectivity index (χ1) is 21.6. The van der Waals surface area contributed by atoms with Gasteiger partial charge in [0.15, 0.2) is 0 Å². The standard InChI is InChI=1S/C38H32NO4P/c1-42-37(40)34(28-29-18-8-3-9-19-29)35(38(41)43-2)36(30-20-10-4-11-21-30)39-44(31-22-12-5-13-23-31,32-24-14-6-15-25-32)33-26-16-7-17-27-33/h3-28H,1-2H3/b34-28+,36-35-. The largest absolute Gasteiger partial charge is 0.465 e. The minimum atomic E-state index is -2.86. The predicted molar refractivity (Wildman–Crippen MR) is 179 cm³/mol. The lowest BCUT2D eigenvalue weighted by Gasteiger charge is -2.28. The van der Waals surface area contributed by atoms with Crippen LogP contribution in [-0.2, 0) is 19.1 Å². The topological polar surface area (TPSA) is 65.0 Å². The minimum absolute atomic E-state index is 0.0153. The third-order valence-corrected chi connectivity index (χ3v) is 10.7. The van der Waals surface area contributed by atoms with Crippen molar-refractivity contribution in [3.05, 3.63) is 174 Å². The number of rotatable bonds is 9. The van der Waals surface area contributed by atoms with Crippen molar-refractivity contribution in [1.82, 2.24) is 0 Å². The van der Waals surface area contributed by atoms with Gasteiger partial charge in [0.2, 0.25) is 0 Å². The molecule has 0 saturated carbocycles. The number of methoxy groups -OCH3 is 2. The molecule has 0 radical (unpaired) electrons. The number of hydrogen-bond acceptors (Lipinski definition) is 5. The van der Waals surface area contributed by atoms with Gasteiger partial charge in [0.25, 0.3) is 0 Å². The lowest BCUT2D eigenvalue weighted by atomic mass is 9.97. The summed E-state index contributed by atoms with van der Waals surface area (Å²) in [6, 6.07) is 49.0. The molecule has 0 fully saturated rings. The Hall–Kier alpha value is -5.25. The van der Waals surface area contributed by atoms with Crippen molar-refractivity contribution < 1.29 is 19.1 Å². The van der Waals surface area contributed by atoms with E-state index in [0.717, 1.165) is 21.5 Å². The number of esters is 2. The van der Waals surface area contributed by atoms with E-state index in [1.165, 1.54) is 14.2 Å². The lowest BCUT2D eigenvalue weighted by molar-refractivity contribution is -0.139. The molecule has 0 amide bonds. The first kappa shape index (κ1) is 30.2. The van der Waals surface area contributed by atoms with Crippen LogP contribution in [0.1, 0.15) is 11.1 Å². The van der Waals surface area contributed by atoms with Gasteiger partial charge in [-0.05, 0) is 11.6 Å². The second kappa shape index (κ2) is 14.3. The van der Waals surface area contributed by atoms with Crippen molar-refractivity contribution in [1.29, 1.82) is 0 Å². The molecule has 0 aliphatic carbocycles. The first-order valence-corrected chi connectivity index (χ1v) is 15.8. The molecule has 0 aromatic heterocycles. The highest BCUT2D eigenvalue weighted by Gasteiger charge is 2.32. The zero-order valence-corrected chi connectivity index (χ0v) is 25.4. The van der Waals surface area contributed by atoms with Gasteiger partial charge in [-0.2, -0.15) is 0 Å². The molecule has 0 aliphatic heterocycles. The van der Waals surface area contributed by atoms with Gasteiger partial charge in [-0.3, -0.25) is 4.74 Å². The maximum Gasteiger partial charge on any atom is 0.340 e. The molecule has 5 nitrogen and oxygen atoms in total. The molecule has 44 heavy (non-hydrogen) atoms. The van der Waals surface area contributed by atoms with Crippen LogP contribution in [0.25, 0.3) is 11.8 Å². The number of carbonyl (C=O) groups excluding carboxylic acids is 2. The Kier molecular flexibility index (Phi) is 9.81. The first-order valence-electron chi connectivity index (χ1n) is 14.1. The van der Waals surface area contributed by atoms with E-state index in [2.05, 4.69) is 36.4 Å². The molecular weight excluding hydrogens is 565 g/mol. The van der Waals surface area contributed by atoms with Gasteiger partial charge in [-0.15, -0.1) is 0 Å². The molecule has 0 unspecified atom stereocenters. The van der Waals surface area contributed by atoms with Crippen molar-refractivity contribution in [3.63, 3.8) is 0 Å². The van der Waals surface area contributed by atoms with Crippen molar-refractivity contribution >= 4 is 46.7 Å². The molecule has 218 valence electrons. The van der Waals surface area contributed by atoms with Crippen LogP contribution < -0.4 is 15.9 Å². The summed E-state index contributed by atoms with van der Waals surface area (Å²) >= 11 is 0. The molecule has 0 heterocycles. The summed E-state index contributed by atoms with van der Waals surface area (Å²) in [6.07, 6.45) is 1.64. The molecule has 6 heteroatoms. The molecule has 5 aromatic rings. The van der Waals surface area contributed by atoms with E-state index in [9.17, 15) is 9.59 Å². The van der Waals surface area contributed by atoms with Gasteiger partial charge in [-0.25, -0.2) is 9.59 Å². The summed E-state index contributed by atoms with van der Waals surface area (Å²) in [5.41, 5.74) is 1.76. The van der Waals surface area contributed by atoms with Gasteiger partial charge in [0.1, 0.15) is 5.57 Å². The highest BCUT2D eigenvalue weighted by Crippen LogP contribution is 2.50. The van der Waals surface area contributed by atoms with Gasteiger partial charge < -0.3 is 9.47 Å². The van der Waals surface area contributed by atoms with Crippen LogP contribution >= 0.6 is 7.05 Å². The Labute approximate surface area is 258 Å². The van der Waals surface area contributed by atoms with E-state index >= 15 is 0 Å². The van der Waals surface area contributed by atoms with Crippen molar-refractivity contribution in [2.75, 3.05) is 14.2 Å². The summed E-state index contributed by atoms with van der Waals surface area (Å²) < 4.78 is 16.3. The monoisotopic (exact) mass is 597 g/mol. The molecule has 0 saturated heterocycles. The fourth-order valence-corrected chi connectivity index (χ4v) is 8.61. The van der Waals surface area contributed by atoms with Gasteiger partial charge in [0, 0.05) is 21.5 Å². The second-order valence-electron chi connectivity index (χ2n) is 9.78. The number of ether oxygens (including phenoxy) is 2. The molecule has 0 atom stereocenters. The third kappa shape index (κ3) is 6.39. The van der Waals surface area contributed by atoms with Gasteiger partial charge in [0.05, 0.1) is 32.5 Å². The molecule has 5 rings (SSSR count). The van der Waals surface area contributed by atoms with E-state index < -0.39 is 19.0 Å². The predicted octanol–water partition coefficient (Wildman–Crippen LogP) is 7.01. The lowest BCUT2D eigenvalue weighted by Crippen LogP contribution is -2.26. The second-order valence-corrected chi connectivity index (χ2v) is 12.8. The molecule has 0 spiro atoms. The van der Waals surface area contributed by atoms with E-state index in [0.29, 0.717) is 11.3 Å². The SMILES string of the molecule is COC(=O)C(=C(\N=P(c1ccccc1)(c1ccccc1)c1ccccc1)c1ccccc1)/C(=C\c1ccccc1)C(=O)OC. The normalized spacial score (nSPS) is 12.1. The number of nitrogens with zero attached hydrogens (tertiary/aromatic N) is 1. The summed E-state index contributed by atoms with van der Waals surface area (Å²) in [5.74, 6) is -1.38. The molecular formula is C38H32NO4P. The van der Waals surface area contributed by atoms with E-state index in [1.807, 2.05) is 115 Å². The fraction of sp³-hybridized carbons (Fsp3) is 0.0526. The quantitative estimate of drug-likeness (QED) is 0.0794. The molecule has 0 N–H and O–H groups in total. The zero-order valence-electron chi connectivity index (χ0n) is 24.5. The van der Waals surface area contributed by atoms with Gasteiger partial charge >= 0.3 is 11.9 Å². The van der Waals surface area contributed by atoms with Crippen LogP contribution in [0.15, 0.2) is 168 Å². The molecule has 0 aliphatic rings. The van der Waals surface area contributed by atoms with E-state index in [4.69, 9.17) is 14.2 Å². The Morgan fingerprint density at radius 2 is 0.932 bits per heavy atom. The van der Waals surface area contributed by atoms with Crippen molar-refractivity contribution in [3.8, 4) is 0 Å². The maximum absolute atomic E-state index is 13.9. The number of hydrogen-bond donors (Lipinski definition) is 0. The Bertz CT molecular complexity index is 1730. The Morgan fingerprint density at radius 1 is 0.545 bits per heavy atom. The van der Waals surface area contributed by atoms with E-state index in [1.54, 1.807) is 6.08 Å².